The number of hydrogen-bond acceptors (Lipinski definition) is 5. The predicted octanol–water partition coefficient (Wildman–Crippen LogP) is 19.1. The van der Waals surface area contributed by atoms with Crippen molar-refractivity contribution in [2.45, 2.75) is 13.1 Å². The van der Waals surface area contributed by atoms with E-state index in [0.29, 0.717) is 133 Å². The van der Waals surface area contributed by atoms with Gasteiger partial charge in [-0.1, -0.05) is 72.8 Å². The van der Waals surface area contributed by atoms with E-state index in [2.05, 4.69) is 49.7 Å². The maximum Gasteiger partial charge on any atom is 0.416 e. The second-order valence-electron chi connectivity index (χ2n) is 19.9. The van der Waals surface area contributed by atoms with Gasteiger partial charge in [-0.05, 0) is 171 Å². The molecule has 2 heterocycles. The average molecular weight is 1100 g/mol. The second-order valence-corrected chi connectivity index (χ2v) is 19.9. The maximum atomic E-state index is 14.4. The van der Waals surface area contributed by atoms with Crippen LogP contribution in [-0.4, -0.2) is 9.13 Å². The highest BCUT2D eigenvalue weighted by atomic mass is 19.4. The second kappa shape index (κ2) is 20.6. The summed E-state index contributed by atoms with van der Waals surface area (Å²) in [6, 6.07) is 60.2. The fourth-order valence-corrected chi connectivity index (χ4v) is 11.4. The number of halogens is 3. The Kier molecular flexibility index (Phi) is 12.8. The van der Waals surface area contributed by atoms with Gasteiger partial charge in [0.2, 0.25) is 0 Å². The monoisotopic (exact) mass is 1100 g/mol. The first-order chi connectivity index (χ1) is 41.2. The van der Waals surface area contributed by atoms with Crippen molar-refractivity contribution in [1.29, 1.82) is 26.3 Å². The molecule has 0 saturated heterocycles. The molecule has 0 amide bonds. The predicted molar refractivity (Wildman–Crippen MR) is 321 cm³/mol. The molecule has 0 radical (unpaired) electrons. The van der Waals surface area contributed by atoms with Gasteiger partial charge in [-0.25, -0.2) is 19.4 Å². The molecule has 0 aliphatic heterocycles. The summed E-state index contributed by atoms with van der Waals surface area (Å²) >= 11 is 0. The fourth-order valence-electron chi connectivity index (χ4n) is 11.4. The van der Waals surface area contributed by atoms with Crippen molar-refractivity contribution in [1.82, 2.24) is 9.13 Å². The summed E-state index contributed by atoms with van der Waals surface area (Å²) in [7, 11) is 0. The van der Waals surface area contributed by atoms with E-state index in [-0.39, 0.29) is 33.8 Å². The summed E-state index contributed by atoms with van der Waals surface area (Å²) in [4.78, 5) is 14.6. The molecule has 10 aromatic carbocycles. The summed E-state index contributed by atoms with van der Waals surface area (Å²) in [5.74, 6) is 0. The van der Waals surface area contributed by atoms with E-state index < -0.39 is 11.7 Å². The van der Waals surface area contributed by atoms with Crippen molar-refractivity contribution in [2.75, 3.05) is 0 Å². The topological polar surface area (TPSA) is 146 Å². The van der Waals surface area contributed by atoms with Crippen LogP contribution in [0.15, 0.2) is 176 Å². The van der Waals surface area contributed by atoms with Crippen molar-refractivity contribution in [2.24, 2.45) is 0 Å². The van der Waals surface area contributed by atoms with Crippen LogP contribution < -0.4 is 0 Å². The number of alkyl halides is 3. The maximum absolute atomic E-state index is 14.4. The Morgan fingerprint density at radius 3 is 1.22 bits per heavy atom. The molecule has 2 aromatic heterocycles. The molecule has 11 nitrogen and oxygen atoms in total. The largest absolute Gasteiger partial charge is 0.416 e. The van der Waals surface area contributed by atoms with Crippen LogP contribution >= 0.6 is 0 Å². The van der Waals surface area contributed by atoms with E-state index in [4.69, 9.17) is 26.3 Å². The van der Waals surface area contributed by atoms with Crippen LogP contribution in [0.2, 0.25) is 0 Å². The van der Waals surface area contributed by atoms with Crippen molar-refractivity contribution in [3.05, 3.63) is 261 Å². The number of aromatic nitrogens is 2. The van der Waals surface area contributed by atoms with Gasteiger partial charge in [0, 0.05) is 32.7 Å². The number of fused-ring (bicyclic) bond motifs is 6. The zero-order chi connectivity index (χ0) is 59.4. The molecule has 85 heavy (non-hydrogen) atoms. The first kappa shape index (κ1) is 52.7. The number of benzene rings is 10. The van der Waals surface area contributed by atoms with Crippen LogP contribution in [-0.2, 0) is 6.18 Å². The summed E-state index contributed by atoms with van der Waals surface area (Å²) in [5.41, 5.74) is 10.6. The lowest BCUT2D eigenvalue weighted by Gasteiger charge is -2.20. The Balaban J connectivity index is 1.20. The van der Waals surface area contributed by atoms with Crippen LogP contribution in [0.1, 0.15) is 38.9 Å². The molecule has 0 atom stereocenters. The zero-order valence-corrected chi connectivity index (χ0v) is 44.3. The Bertz CT molecular complexity index is 4820. The molecule has 0 unspecified atom stereocenters. The molecule has 0 aliphatic carbocycles. The lowest BCUT2D eigenvalue weighted by molar-refractivity contribution is -0.137. The van der Waals surface area contributed by atoms with Gasteiger partial charge in [0.15, 0.2) is 22.7 Å². The summed E-state index contributed by atoms with van der Waals surface area (Å²) in [6.07, 6.45) is -4.65. The van der Waals surface area contributed by atoms with Gasteiger partial charge in [-0.3, -0.25) is 0 Å². The van der Waals surface area contributed by atoms with E-state index in [1.165, 1.54) is 30.3 Å². The molecule has 14 heteroatoms. The first-order valence-electron chi connectivity index (χ1n) is 25.9. The van der Waals surface area contributed by atoms with Crippen LogP contribution in [0.3, 0.4) is 0 Å². The molecule has 0 saturated carbocycles. The van der Waals surface area contributed by atoms with Crippen molar-refractivity contribution in [3.63, 3.8) is 0 Å². The molecule has 0 bridgehead atoms. The number of nitriles is 5. The number of nitrogens with zero attached hydrogens (tertiary/aromatic N) is 11. The molecular weight excluding hydrogens is 1060 g/mol. The van der Waals surface area contributed by atoms with Gasteiger partial charge < -0.3 is 9.13 Å². The normalized spacial score (nSPS) is 11.0. The Hall–Kier alpha value is -13.0. The van der Waals surface area contributed by atoms with Gasteiger partial charge >= 0.3 is 6.18 Å². The van der Waals surface area contributed by atoms with Gasteiger partial charge in [-0.2, -0.15) is 39.5 Å². The molecule has 0 aliphatic rings. The molecule has 12 aromatic rings. The fraction of sp³-hybridized carbons (Fsp3) is 0.0282. The molecule has 0 fully saturated rings. The Morgan fingerprint density at radius 2 is 0.788 bits per heavy atom. The minimum absolute atomic E-state index is 0.153. The van der Waals surface area contributed by atoms with Crippen molar-refractivity contribution >= 4 is 66.4 Å². The lowest BCUT2D eigenvalue weighted by atomic mass is 9.95. The van der Waals surface area contributed by atoms with Crippen molar-refractivity contribution in [3.8, 4) is 97.4 Å². The van der Waals surface area contributed by atoms with E-state index >= 15 is 0 Å². The van der Waals surface area contributed by atoms with Gasteiger partial charge in [-0.15, -0.1) is 0 Å². The minimum Gasteiger partial charge on any atom is -0.308 e. The lowest BCUT2D eigenvalue weighted by Crippen LogP contribution is -2.07. The quantitative estimate of drug-likeness (QED) is 0.146. The SMILES string of the molecule is [C-]#[N+]c1ccc(-c2ccc3c(c2)c2cc(-c4ccc([N+]#[C-])cc4[N+]#[C-])ccc2n3-c2cc(-c3ccc(C(F)(F)F)cc3C)cc(-n3c4ccc(-c5ccc(C#N)cc5C#N)cc4c4cc(-c5ccc(C#N)cc5[N+]#[C-])ccc43)c2C#N)c(C#N)c1. The first-order valence-corrected chi connectivity index (χ1v) is 25.9. The van der Waals surface area contributed by atoms with E-state index in [9.17, 15) is 39.5 Å². The third-order valence-corrected chi connectivity index (χ3v) is 15.3. The van der Waals surface area contributed by atoms with Gasteiger partial charge in [0.25, 0.3) is 0 Å². The van der Waals surface area contributed by atoms with Crippen LogP contribution in [0.5, 0.6) is 0 Å². The summed E-state index contributed by atoms with van der Waals surface area (Å²) in [6.45, 7) is 33.0. The third kappa shape index (κ3) is 8.80. The Labute approximate surface area is 483 Å². The number of aryl methyl sites for hydroxylation is 1. The highest BCUT2D eigenvalue weighted by Crippen LogP contribution is 2.46. The zero-order valence-electron chi connectivity index (χ0n) is 44.3. The Morgan fingerprint density at radius 1 is 0.376 bits per heavy atom. The van der Waals surface area contributed by atoms with E-state index in [1.54, 1.807) is 67.6 Å². The summed E-state index contributed by atoms with van der Waals surface area (Å²) < 4.78 is 47.0. The number of rotatable bonds is 7. The summed E-state index contributed by atoms with van der Waals surface area (Å²) in [5, 5.41) is 54.7. The van der Waals surface area contributed by atoms with Gasteiger partial charge in [0.1, 0.15) is 11.6 Å². The highest BCUT2D eigenvalue weighted by Gasteiger charge is 2.31. The highest BCUT2D eigenvalue weighted by molar-refractivity contribution is 6.14. The molecule has 0 N–H and O–H groups in total. The van der Waals surface area contributed by atoms with E-state index in [0.717, 1.165) is 12.1 Å². The van der Waals surface area contributed by atoms with Crippen LogP contribution in [0, 0.1) is 89.9 Å². The molecule has 392 valence electrons. The van der Waals surface area contributed by atoms with Gasteiger partial charge in [0.05, 0.1) is 101 Å². The number of hydrogen-bond donors (Lipinski definition) is 0. The van der Waals surface area contributed by atoms with E-state index in [1.807, 2.05) is 81.9 Å². The van der Waals surface area contributed by atoms with Crippen molar-refractivity contribution < 1.29 is 13.2 Å². The third-order valence-electron chi connectivity index (χ3n) is 15.3. The molecular formula is C71H32F3N11. The van der Waals surface area contributed by atoms with Crippen LogP contribution in [0.4, 0.5) is 35.9 Å². The average Bonchev–Trinajstić information content (AvgIpc) is 1.77. The minimum atomic E-state index is -4.65. The smallest absolute Gasteiger partial charge is 0.308 e. The molecule has 0 spiro atoms. The standard InChI is InChI=1S/C71H32F3N11/c1-40-24-50(71(72,73)74)12-17-53(40)47-32-69(84-65-20-8-43(54-15-6-41(35-75)25-48(54)37-77)28-58(65)60-30-45(10-22-67(60)84)56-16-7-42(36-76)26-63(56)82-4)62(39-79)70(33-47)85-66-21-9-44(55-18-13-51(80-2)27-49(55)38-78)29-59(66)61-31-46(11-23-68(61)85)57-19-14-52(81-3)34-64(57)83-5/h6-34H,1H3. The van der Waals surface area contributed by atoms with Crippen LogP contribution in [0.25, 0.3) is 130 Å². The molecule has 12 rings (SSSR count).